The van der Waals surface area contributed by atoms with E-state index in [0.717, 1.165) is 12.2 Å². The van der Waals surface area contributed by atoms with E-state index in [1.54, 1.807) is 0 Å². The summed E-state index contributed by atoms with van der Waals surface area (Å²) in [6.45, 7) is 7.67. The Kier molecular flexibility index (Phi) is 7.67. The van der Waals surface area contributed by atoms with Gasteiger partial charge in [-0.15, -0.1) is 0 Å². The third-order valence-electron chi connectivity index (χ3n) is 4.77. The first kappa shape index (κ1) is 23.3. The van der Waals surface area contributed by atoms with E-state index in [4.69, 9.17) is 36.3 Å². The number of hydrogen-bond acceptors (Lipinski definition) is 10. The number of rotatable bonds is 9. The second-order valence-electron chi connectivity index (χ2n) is 7.71. The largest absolute Gasteiger partial charge is 0.463 e. The monoisotopic (exact) mass is 460 g/mol. The molecule has 168 valence electrons. The van der Waals surface area contributed by atoms with E-state index in [2.05, 4.69) is 22.2 Å². The third kappa shape index (κ3) is 5.67. The van der Waals surface area contributed by atoms with Gasteiger partial charge < -0.3 is 30.0 Å². The normalized spacial score (nSPS) is 27.1. The maximum absolute atomic E-state index is 10.9. The second kappa shape index (κ2) is 9.86. The number of carbonyl (C=O) groups excluding carboxylic acids is 1. The van der Waals surface area contributed by atoms with Crippen molar-refractivity contribution in [3.8, 4) is 0 Å². The van der Waals surface area contributed by atoms with Crippen LogP contribution in [0.5, 0.6) is 0 Å². The predicted molar refractivity (Wildman–Crippen MR) is 115 cm³/mol. The van der Waals surface area contributed by atoms with Crippen molar-refractivity contribution in [3.63, 3.8) is 0 Å². The summed E-state index contributed by atoms with van der Waals surface area (Å²) in [7, 11) is 0. The minimum absolute atomic E-state index is 0.146. The smallest absolute Gasteiger partial charge is 0.302 e. The molecule has 2 aliphatic rings. The topological polar surface area (TPSA) is 118 Å². The number of esters is 1. The third-order valence-corrected chi connectivity index (χ3v) is 6.11. The van der Waals surface area contributed by atoms with E-state index >= 15 is 0 Å². The number of ether oxygens (including phenoxy) is 4. The molecule has 1 aromatic heterocycles. The van der Waals surface area contributed by atoms with Crippen molar-refractivity contribution in [1.82, 2.24) is 9.97 Å². The molecule has 1 saturated carbocycles. The van der Waals surface area contributed by atoms with Crippen LogP contribution in [0.3, 0.4) is 0 Å². The molecule has 1 saturated heterocycles. The SMILES string of the molecule is CCCSc1nc(Cl)c(N)c(NC2CC(OCCOC(C)=O)C3OC(C)(C)OC23)n1. The summed E-state index contributed by atoms with van der Waals surface area (Å²) in [6.07, 6.45) is 0.875. The number of nitrogens with one attached hydrogen (secondary N) is 1. The fourth-order valence-electron chi connectivity index (χ4n) is 3.59. The van der Waals surface area contributed by atoms with Crippen molar-refractivity contribution < 1.29 is 23.7 Å². The number of nitrogen functional groups attached to an aromatic ring is 1. The Morgan fingerprint density at radius 3 is 2.77 bits per heavy atom. The van der Waals surface area contributed by atoms with Crippen LogP contribution in [0.25, 0.3) is 0 Å². The molecule has 2 fully saturated rings. The highest BCUT2D eigenvalue weighted by Crippen LogP contribution is 2.41. The number of carbonyl (C=O) groups is 1. The van der Waals surface area contributed by atoms with Crippen molar-refractivity contribution in [2.24, 2.45) is 0 Å². The lowest BCUT2D eigenvalue weighted by molar-refractivity contribution is -0.168. The predicted octanol–water partition coefficient (Wildman–Crippen LogP) is 2.87. The maximum atomic E-state index is 10.9. The average Bonchev–Trinajstić information content (AvgIpc) is 3.14. The molecule has 0 amide bonds. The van der Waals surface area contributed by atoms with Crippen LogP contribution in [0.4, 0.5) is 11.5 Å². The van der Waals surface area contributed by atoms with E-state index in [1.807, 2.05) is 13.8 Å². The Hall–Kier alpha value is -1.33. The van der Waals surface area contributed by atoms with Gasteiger partial charge in [0.1, 0.15) is 24.5 Å². The number of aromatic nitrogens is 2. The van der Waals surface area contributed by atoms with Gasteiger partial charge in [0.15, 0.2) is 21.9 Å². The van der Waals surface area contributed by atoms with E-state index in [9.17, 15) is 4.79 Å². The molecule has 2 heterocycles. The fourth-order valence-corrected chi connectivity index (χ4v) is 4.51. The van der Waals surface area contributed by atoms with Gasteiger partial charge in [-0.2, -0.15) is 0 Å². The van der Waals surface area contributed by atoms with Crippen molar-refractivity contribution in [2.75, 3.05) is 30.0 Å². The lowest BCUT2D eigenvalue weighted by Gasteiger charge is -2.24. The summed E-state index contributed by atoms with van der Waals surface area (Å²) in [5.41, 5.74) is 6.43. The number of anilines is 2. The molecule has 11 heteroatoms. The fraction of sp³-hybridized carbons (Fsp3) is 0.737. The van der Waals surface area contributed by atoms with Gasteiger partial charge in [-0.1, -0.05) is 30.3 Å². The molecule has 3 N–H and O–H groups in total. The lowest BCUT2D eigenvalue weighted by Crippen LogP contribution is -2.35. The molecule has 0 radical (unpaired) electrons. The molecule has 1 aliphatic carbocycles. The van der Waals surface area contributed by atoms with Crippen LogP contribution in [0.15, 0.2) is 5.16 Å². The zero-order valence-corrected chi connectivity index (χ0v) is 19.2. The molecule has 3 rings (SSSR count). The maximum Gasteiger partial charge on any atom is 0.302 e. The number of hydrogen-bond donors (Lipinski definition) is 2. The molecular formula is C19H29ClN4O5S. The number of halogens is 1. The van der Waals surface area contributed by atoms with Crippen molar-refractivity contribution >= 4 is 40.8 Å². The zero-order valence-electron chi connectivity index (χ0n) is 17.6. The standard InChI is InChI=1S/C19H29ClN4O5S/c1-5-8-30-18-23-16(20)13(21)17(24-18)22-11-9-12(27-7-6-26-10(2)25)15-14(11)28-19(3,4)29-15/h11-12,14-15H,5-9,21H2,1-4H3,(H,22,23,24). The van der Waals surface area contributed by atoms with Crippen LogP contribution in [-0.4, -0.2) is 65.0 Å². The van der Waals surface area contributed by atoms with Gasteiger partial charge in [0.2, 0.25) is 0 Å². The average molecular weight is 461 g/mol. The van der Waals surface area contributed by atoms with Gasteiger partial charge in [-0.25, -0.2) is 9.97 Å². The molecule has 1 aromatic rings. The Labute approximate surface area is 185 Å². The minimum atomic E-state index is -0.732. The molecule has 0 spiro atoms. The molecule has 4 atom stereocenters. The van der Waals surface area contributed by atoms with Gasteiger partial charge in [-0.3, -0.25) is 4.79 Å². The number of thioether (sulfide) groups is 1. The molecular weight excluding hydrogens is 432 g/mol. The number of fused-ring (bicyclic) bond motifs is 1. The van der Waals surface area contributed by atoms with E-state index in [1.165, 1.54) is 18.7 Å². The quantitative estimate of drug-likeness (QED) is 0.187. The van der Waals surface area contributed by atoms with Crippen LogP contribution in [0, 0.1) is 0 Å². The summed E-state index contributed by atoms with van der Waals surface area (Å²) in [4.78, 5) is 19.7. The van der Waals surface area contributed by atoms with Crippen molar-refractivity contribution in [2.45, 2.75) is 75.8 Å². The molecule has 0 aromatic carbocycles. The summed E-state index contributed by atoms with van der Waals surface area (Å²) in [5, 5.41) is 4.17. The molecule has 1 aliphatic heterocycles. The number of nitrogens with zero attached hydrogens (tertiary/aromatic N) is 2. The van der Waals surface area contributed by atoms with Gasteiger partial charge in [0, 0.05) is 12.7 Å². The molecule has 4 unspecified atom stereocenters. The van der Waals surface area contributed by atoms with E-state index < -0.39 is 5.79 Å². The summed E-state index contributed by atoms with van der Waals surface area (Å²) in [6, 6.07) is -0.146. The Morgan fingerprint density at radius 1 is 1.33 bits per heavy atom. The number of nitrogens with two attached hydrogens (primary N) is 1. The van der Waals surface area contributed by atoms with E-state index in [-0.39, 0.29) is 48.7 Å². The first-order valence-corrected chi connectivity index (χ1v) is 11.4. The van der Waals surface area contributed by atoms with E-state index in [0.29, 0.717) is 23.1 Å². The zero-order chi connectivity index (χ0) is 21.9. The summed E-state index contributed by atoms with van der Waals surface area (Å²) >= 11 is 7.75. The summed E-state index contributed by atoms with van der Waals surface area (Å²) < 4.78 is 23.1. The van der Waals surface area contributed by atoms with Gasteiger partial charge in [0.05, 0.1) is 18.8 Å². The Bertz CT molecular complexity index is 769. The Morgan fingerprint density at radius 2 is 2.07 bits per heavy atom. The minimum Gasteiger partial charge on any atom is -0.463 e. The van der Waals surface area contributed by atoms with Gasteiger partial charge in [0.25, 0.3) is 0 Å². The van der Waals surface area contributed by atoms with Crippen molar-refractivity contribution in [1.29, 1.82) is 0 Å². The first-order valence-electron chi connectivity index (χ1n) is 10.0. The van der Waals surface area contributed by atoms with Crippen LogP contribution in [0.2, 0.25) is 5.15 Å². The van der Waals surface area contributed by atoms with Gasteiger partial charge in [-0.05, 0) is 26.7 Å². The van der Waals surface area contributed by atoms with Crippen LogP contribution >= 0.6 is 23.4 Å². The molecule has 0 bridgehead atoms. The van der Waals surface area contributed by atoms with Crippen molar-refractivity contribution in [3.05, 3.63) is 5.15 Å². The summed E-state index contributed by atoms with van der Waals surface area (Å²) in [5.74, 6) is 0.296. The lowest BCUT2D eigenvalue weighted by atomic mass is 10.2. The molecule has 30 heavy (non-hydrogen) atoms. The van der Waals surface area contributed by atoms with Gasteiger partial charge >= 0.3 is 5.97 Å². The highest BCUT2D eigenvalue weighted by Gasteiger charge is 2.54. The Balaban J connectivity index is 1.72. The first-order chi connectivity index (χ1) is 14.2. The van der Waals surface area contributed by atoms with Crippen LogP contribution in [0.1, 0.15) is 40.5 Å². The van der Waals surface area contributed by atoms with Crippen LogP contribution < -0.4 is 11.1 Å². The second-order valence-corrected chi connectivity index (χ2v) is 9.13. The molecule has 9 nitrogen and oxygen atoms in total. The highest BCUT2D eigenvalue weighted by atomic mass is 35.5. The van der Waals surface area contributed by atoms with Crippen LogP contribution in [-0.2, 0) is 23.7 Å². The highest BCUT2D eigenvalue weighted by molar-refractivity contribution is 7.99.